The van der Waals surface area contributed by atoms with E-state index in [2.05, 4.69) is 6.58 Å². The van der Waals surface area contributed by atoms with E-state index in [1.807, 2.05) is 20.8 Å². The third-order valence-electron chi connectivity index (χ3n) is 2.08. The highest BCUT2D eigenvalue weighted by Crippen LogP contribution is 2.20. The van der Waals surface area contributed by atoms with E-state index in [1.165, 1.54) is 11.8 Å². The number of carbonyl (C=O) groups is 1. The van der Waals surface area contributed by atoms with Crippen molar-refractivity contribution in [2.24, 2.45) is 0 Å². The van der Waals surface area contributed by atoms with E-state index in [-0.39, 0.29) is 5.12 Å². The van der Waals surface area contributed by atoms with Gasteiger partial charge in [0.05, 0.1) is 0 Å². The third-order valence-corrected chi connectivity index (χ3v) is 6.51. The molecule has 106 valence electrons. The molecule has 0 aromatic rings. The molecule has 0 radical (unpaired) electrons. The van der Waals surface area contributed by atoms with Crippen molar-refractivity contribution < 1.29 is 18.1 Å². The van der Waals surface area contributed by atoms with E-state index >= 15 is 0 Å². The fourth-order valence-electron chi connectivity index (χ4n) is 1.39. The first-order chi connectivity index (χ1) is 8.51. The Morgan fingerprint density at radius 2 is 1.56 bits per heavy atom. The Morgan fingerprint density at radius 3 is 1.89 bits per heavy atom. The summed E-state index contributed by atoms with van der Waals surface area (Å²) in [5.74, 6) is 0.637. The zero-order chi connectivity index (χ0) is 14.0. The highest BCUT2D eigenvalue weighted by molar-refractivity contribution is 8.14. The predicted molar refractivity (Wildman–Crippen MR) is 77.7 cm³/mol. The van der Waals surface area contributed by atoms with Crippen LogP contribution >= 0.6 is 11.8 Å². The maximum Gasteiger partial charge on any atom is 0.501 e. The lowest BCUT2D eigenvalue weighted by atomic mass is 10.4. The van der Waals surface area contributed by atoms with Gasteiger partial charge < -0.3 is 13.3 Å². The van der Waals surface area contributed by atoms with Gasteiger partial charge in [-0.15, -0.1) is 0 Å². The summed E-state index contributed by atoms with van der Waals surface area (Å²) in [6.07, 6.45) is 0. The molecule has 18 heavy (non-hydrogen) atoms. The third kappa shape index (κ3) is 6.70. The van der Waals surface area contributed by atoms with Gasteiger partial charge in [0.25, 0.3) is 0 Å². The quantitative estimate of drug-likeness (QED) is 0.457. The van der Waals surface area contributed by atoms with Gasteiger partial charge in [0.15, 0.2) is 0 Å². The first-order valence-corrected chi connectivity index (χ1v) is 9.17. The molecular formula is C12H24O4SSi. The summed E-state index contributed by atoms with van der Waals surface area (Å²) in [6, 6.07) is 0.645. The fraction of sp³-hybridized carbons (Fsp3) is 0.750. The summed E-state index contributed by atoms with van der Waals surface area (Å²) in [7, 11) is -2.60. The van der Waals surface area contributed by atoms with Gasteiger partial charge in [0.1, 0.15) is 0 Å². The Balaban J connectivity index is 4.37. The van der Waals surface area contributed by atoms with E-state index in [0.717, 1.165) is 0 Å². The van der Waals surface area contributed by atoms with Crippen LogP contribution in [0.4, 0.5) is 0 Å². The minimum Gasteiger partial charge on any atom is -0.374 e. The van der Waals surface area contributed by atoms with Gasteiger partial charge in [0.2, 0.25) is 5.12 Å². The first kappa shape index (κ1) is 17.9. The second-order valence-corrected chi connectivity index (χ2v) is 7.45. The average Bonchev–Trinajstić information content (AvgIpc) is 2.29. The zero-order valence-corrected chi connectivity index (χ0v) is 13.6. The second-order valence-electron chi connectivity index (χ2n) is 3.65. The molecule has 0 rings (SSSR count). The monoisotopic (exact) mass is 292 g/mol. The smallest absolute Gasteiger partial charge is 0.374 e. The zero-order valence-electron chi connectivity index (χ0n) is 11.8. The lowest BCUT2D eigenvalue weighted by Gasteiger charge is -2.28. The second kappa shape index (κ2) is 9.74. The highest BCUT2D eigenvalue weighted by Gasteiger charge is 2.39. The molecule has 6 heteroatoms. The van der Waals surface area contributed by atoms with Crippen molar-refractivity contribution in [1.29, 1.82) is 0 Å². The van der Waals surface area contributed by atoms with Gasteiger partial charge >= 0.3 is 8.80 Å². The maximum absolute atomic E-state index is 11.5. The molecule has 0 bridgehead atoms. The van der Waals surface area contributed by atoms with E-state index in [0.29, 0.717) is 37.2 Å². The minimum atomic E-state index is -2.60. The number of carbonyl (C=O) groups excluding carboxylic acids is 1. The summed E-state index contributed by atoms with van der Waals surface area (Å²) >= 11 is 1.25. The van der Waals surface area contributed by atoms with Crippen LogP contribution in [0, 0.1) is 0 Å². The molecule has 0 aromatic heterocycles. The Labute approximate surface area is 115 Å². The van der Waals surface area contributed by atoms with Crippen molar-refractivity contribution in [3.8, 4) is 0 Å². The highest BCUT2D eigenvalue weighted by atomic mass is 32.2. The molecular weight excluding hydrogens is 268 g/mol. The summed E-state index contributed by atoms with van der Waals surface area (Å²) in [5, 5.41) is 0.0161. The van der Waals surface area contributed by atoms with Crippen LogP contribution in [0.3, 0.4) is 0 Å². The van der Waals surface area contributed by atoms with Crippen LogP contribution in [-0.4, -0.2) is 39.5 Å². The molecule has 0 aromatic carbocycles. The standard InChI is InChI=1S/C12H24O4SSi/c1-6-14-18(15-7-2,16-8-3)10-9-17-12(13)11(4)5/h4,6-10H2,1-3,5H3. The molecule has 4 nitrogen and oxygen atoms in total. The van der Waals surface area contributed by atoms with Crippen LogP contribution in [0.1, 0.15) is 27.7 Å². The lowest BCUT2D eigenvalue weighted by Crippen LogP contribution is -2.46. The Kier molecular flexibility index (Phi) is 9.67. The molecule has 0 aliphatic carbocycles. The largest absolute Gasteiger partial charge is 0.501 e. The topological polar surface area (TPSA) is 44.8 Å². The van der Waals surface area contributed by atoms with Crippen molar-refractivity contribution in [1.82, 2.24) is 0 Å². The SMILES string of the molecule is C=C(C)C(=O)SCC[Si](OCC)(OCC)OCC. The number of hydrogen-bond acceptors (Lipinski definition) is 5. The molecule has 0 spiro atoms. The average molecular weight is 292 g/mol. The minimum absolute atomic E-state index is 0.0161. The predicted octanol–water partition coefficient (Wildman–Crippen LogP) is 2.87. The van der Waals surface area contributed by atoms with E-state index in [4.69, 9.17) is 13.3 Å². The van der Waals surface area contributed by atoms with Gasteiger partial charge in [-0.3, -0.25) is 4.79 Å². The van der Waals surface area contributed by atoms with Crippen LogP contribution in [0.15, 0.2) is 12.2 Å². The molecule has 0 saturated carbocycles. The fourth-order valence-corrected chi connectivity index (χ4v) is 5.24. The lowest BCUT2D eigenvalue weighted by molar-refractivity contribution is -0.107. The molecule has 0 amide bonds. The van der Waals surface area contributed by atoms with Crippen LogP contribution in [0.5, 0.6) is 0 Å². The Bertz CT molecular complexity index is 254. The summed E-state index contributed by atoms with van der Waals surface area (Å²) in [4.78, 5) is 11.5. The van der Waals surface area contributed by atoms with Crippen LogP contribution in [0.2, 0.25) is 6.04 Å². The maximum atomic E-state index is 11.5. The summed E-state index contributed by atoms with van der Waals surface area (Å²) in [5.41, 5.74) is 0.566. The molecule has 0 N–H and O–H groups in total. The first-order valence-electron chi connectivity index (χ1n) is 6.25. The molecule has 0 fully saturated rings. The van der Waals surface area contributed by atoms with Crippen LogP contribution in [0.25, 0.3) is 0 Å². The number of rotatable bonds is 10. The molecule has 0 aliphatic heterocycles. The Hall–Kier alpha value is -0.143. The van der Waals surface area contributed by atoms with Crippen molar-refractivity contribution >= 4 is 25.7 Å². The van der Waals surface area contributed by atoms with E-state index in [9.17, 15) is 4.79 Å². The van der Waals surface area contributed by atoms with Crippen molar-refractivity contribution in [3.63, 3.8) is 0 Å². The van der Waals surface area contributed by atoms with Crippen molar-refractivity contribution in [2.45, 2.75) is 33.7 Å². The van der Waals surface area contributed by atoms with Gasteiger partial charge in [-0.1, -0.05) is 18.3 Å². The van der Waals surface area contributed by atoms with Gasteiger partial charge in [-0.05, 0) is 33.3 Å². The Morgan fingerprint density at radius 1 is 1.11 bits per heavy atom. The molecule has 0 atom stereocenters. The molecule has 0 saturated heterocycles. The molecule has 0 aliphatic rings. The van der Waals surface area contributed by atoms with Crippen LogP contribution < -0.4 is 0 Å². The van der Waals surface area contributed by atoms with Gasteiger partial charge in [-0.25, -0.2) is 0 Å². The van der Waals surface area contributed by atoms with Crippen LogP contribution in [-0.2, 0) is 18.1 Å². The van der Waals surface area contributed by atoms with E-state index in [1.54, 1.807) is 6.92 Å². The number of thioether (sulfide) groups is 1. The van der Waals surface area contributed by atoms with Gasteiger partial charge in [-0.2, -0.15) is 0 Å². The molecule has 0 unspecified atom stereocenters. The van der Waals surface area contributed by atoms with Crippen molar-refractivity contribution in [3.05, 3.63) is 12.2 Å². The van der Waals surface area contributed by atoms with Crippen molar-refractivity contribution in [2.75, 3.05) is 25.6 Å². The normalized spacial score (nSPS) is 11.6. The molecule has 0 heterocycles. The number of hydrogen-bond donors (Lipinski definition) is 0. The summed E-state index contributed by atoms with van der Waals surface area (Å²) < 4.78 is 17.1. The van der Waals surface area contributed by atoms with E-state index < -0.39 is 8.80 Å². The summed E-state index contributed by atoms with van der Waals surface area (Å²) in [6.45, 7) is 12.8. The van der Waals surface area contributed by atoms with Gasteiger partial charge in [0, 0.05) is 31.6 Å².